The van der Waals surface area contributed by atoms with Crippen LogP contribution in [0.4, 0.5) is 0 Å². The van der Waals surface area contributed by atoms with Crippen LogP contribution < -0.4 is 0 Å². The molecule has 0 fully saturated rings. The third-order valence-electron chi connectivity index (χ3n) is 2.12. The number of benzene rings is 1. The molecule has 0 spiro atoms. The first kappa shape index (κ1) is 13.8. The highest BCUT2D eigenvalue weighted by molar-refractivity contribution is 6.31. The third kappa shape index (κ3) is 4.61. The van der Waals surface area contributed by atoms with E-state index in [1.54, 1.807) is 6.08 Å². The lowest BCUT2D eigenvalue weighted by Gasteiger charge is -2.17. The van der Waals surface area contributed by atoms with Crippen LogP contribution in [0, 0.1) is 6.92 Å². The Morgan fingerprint density at radius 3 is 2.59 bits per heavy atom. The predicted octanol–water partition coefficient (Wildman–Crippen LogP) is 4.00. The van der Waals surface area contributed by atoms with E-state index in [0.29, 0.717) is 5.02 Å². The maximum absolute atomic E-state index is 11.5. The van der Waals surface area contributed by atoms with Crippen molar-refractivity contribution >= 4 is 23.6 Å². The van der Waals surface area contributed by atoms with Crippen LogP contribution in [-0.2, 0) is 9.53 Å². The number of hydrogen-bond donors (Lipinski definition) is 0. The van der Waals surface area contributed by atoms with E-state index in [4.69, 9.17) is 16.3 Å². The number of halogens is 1. The van der Waals surface area contributed by atoms with E-state index in [2.05, 4.69) is 0 Å². The van der Waals surface area contributed by atoms with Gasteiger partial charge in [-0.15, -0.1) is 0 Å². The van der Waals surface area contributed by atoms with Gasteiger partial charge in [0.15, 0.2) is 0 Å². The first-order valence-corrected chi connectivity index (χ1v) is 5.83. The lowest BCUT2D eigenvalue weighted by molar-refractivity contribution is -0.148. The quantitative estimate of drug-likeness (QED) is 0.587. The second-order valence-corrected chi connectivity index (χ2v) is 5.23. The molecule has 0 bridgehead atoms. The van der Waals surface area contributed by atoms with E-state index < -0.39 is 5.60 Å². The Bertz CT molecular complexity index is 442. The maximum atomic E-state index is 11.5. The van der Waals surface area contributed by atoms with Gasteiger partial charge in [-0.2, -0.15) is 0 Å². The van der Waals surface area contributed by atoms with E-state index in [0.717, 1.165) is 11.1 Å². The Hall–Kier alpha value is -1.28. The molecule has 0 aliphatic rings. The number of carbonyl (C=O) groups is 1. The number of carbonyl (C=O) groups excluding carboxylic acids is 1. The molecular weight excluding hydrogens is 236 g/mol. The van der Waals surface area contributed by atoms with E-state index >= 15 is 0 Å². The van der Waals surface area contributed by atoms with Crippen molar-refractivity contribution in [1.82, 2.24) is 0 Å². The van der Waals surface area contributed by atoms with Gasteiger partial charge < -0.3 is 4.74 Å². The van der Waals surface area contributed by atoms with Gasteiger partial charge in [0, 0.05) is 11.1 Å². The second kappa shape index (κ2) is 5.37. The van der Waals surface area contributed by atoms with Crippen LogP contribution >= 0.6 is 11.6 Å². The van der Waals surface area contributed by atoms with Gasteiger partial charge in [-0.1, -0.05) is 23.7 Å². The molecule has 1 rings (SSSR count). The molecular formula is C14H17ClO2. The molecule has 1 aromatic carbocycles. The van der Waals surface area contributed by atoms with Crippen LogP contribution in [0.15, 0.2) is 24.3 Å². The molecule has 0 heterocycles. The lowest BCUT2D eigenvalue weighted by atomic mass is 10.1. The highest BCUT2D eigenvalue weighted by atomic mass is 35.5. The molecule has 0 saturated heterocycles. The summed E-state index contributed by atoms with van der Waals surface area (Å²) in [5.74, 6) is -0.350. The summed E-state index contributed by atoms with van der Waals surface area (Å²) in [6, 6.07) is 5.58. The number of rotatable bonds is 2. The number of ether oxygens (including phenoxy) is 1. The zero-order valence-electron chi connectivity index (χ0n) is 10.6. The van der Waals surface area contributed by atoms with Crippen molar-refractivity contribution in [3.05, 3.63) is 40.4 Å². The molecule has 3 heteroatoms. The van der Waals surface area contributed by atoms with E-state index in [9.17, 15) is 4.79 Å². The van der Waals surface area contributed by atoms with Gasteiger partial charge in [0.1, 0.15) is 5.60 Å². The lowest BCUT2D eigenvalue weighted by Crippen LogP contribution is -2.22. The van der Waals surface area contributed by atoms with Gasteiger partial charge in [-0.3, -0.25) is 0 Å². The number of hydrogen-bond acceptors (Lipinski definition) is 2. The van der Waals surface area contributed by atoms with Gasteiger partial charge in [0.2, 0.25) is 0 Å². The van der Waals surface area contributed by atoms with Gasteiger partial charge in [-0.25, -0.2) is 4.79 Å². The minimum Gasteiger partial charge on any atom is -0.457 e. The van der Waals surface area contributed by atoms with Gasteiger partial charge in [0.05, 0.1) is 0 Å². The summed E-state index contributed by atoms with van der Waals surface area (Å²) in [5, 5.41) is 0.691. The van der Waals surface area contributed by atoms with Crippen LogP contribution in [0.2, 0.25) is 5.02 Å². The van der Waals surface area contributed by atoms with Crippen LogP contribution in [0.3, 0.4) is 0 Å². The van der Waals surface area contributed by atoms with E-state index in [1.807, 2.05) is 45.9 Å². The topological polar surface area (TPSA) is 26.3 Å². The maximum Gasteiger partial charge on any atom is 0.331 e. The molecule has 0 saturated carbocycles. The highest BCUT2D eigenvalue weighted by Crippen LogP contribution is 2.19. The Balaban J connectivity index is 2.78. The smallest absolute Gasteiger partial charge is 0.331 e. The monoisotopic (exact) mass is 252 g/mol. The first-order chi connectivity index (χ1) is 7.79. The second-order valence-electron chi connectivity index (χ2n) is 4.82. The molecule has 0 atom stereocenters. The summed E-state index contributed by atoms with van der Waals surface area (Å²) < 4.78 is 5.17. The fourth-order valence-corrected chi connectivity index (χ4v) is 1.48. The van der Waals surface area contributed by atoms with Crippen molar-refractivity contribution < 1.29 is 9.53 Å². The van der Waals surface area contributed by atoms with Gasteiger partial charge in [-0.05, 0) is 51.0 Å². The molecule has 0 aliphatic heterocycles. The summed E-state index contributed by atoms with van der Waals surface area (Å²) in [5.41, 5.74) is 1.41. The van der Waals surface area contributed by atoms with E-state index in [1.165, 1.54) is 6.08 Å². The Morgan fingerprint density at radius 1 is 1.35 bits per heavy atom. The van der Waals surface area contributed by atoms with Crippen molar-refractivity contribution in [1.29, 1.82) is 0 Å². The summed E-state index contributed by atoms with van der Waals surface area (Å²) in [6.07, 6.45) is 3.14. The fourth-order valence-electron chi connectivity index (χ4n) is 1.30. The Kier molecular flexibility index (Phi) is 4.35. The van der Waals surface area contributed by atoms with Crippen molar-refractivity contribution in [3.63, 3.8) is 0 Å². The fraction of sp³-hybridized carbons (Fsp3) is 0.357. The van der Waals surface area contributed by atoms with Crippen LogP contribution in [0.1, 0.15) is 31.9 Å². The molecule has 0 amide bonds. The average molecular weight is 253 g/mol. The normalized spacial score (nSPS) is 11.8. The predicted molar refractivity (Wildman–Crippen MR) is 71.1 cm³/mol. The molecule has 0 aromatic heterocycles. The SMILES string of the molecule is Cc1c(Cl)cccc1/C=C\C(=O)OC(C)(C)C. The van der Waals surface area contributed by atoms with E-state index in [-0.39, 0.29) is 5.97 Å². The Labute approximate surface area is 107 Å². The number of esters is 1. The first-order valence-electron chi connectivity index (χ1n) is 5.46. The standard InChI is InChI=1S/C14H17ClO2/c1-10-11(6-5-7-12(10)15)8-9-13(16)17-14(2,3)4/h5-9H,1-4H3/b9-8-. The Morgan fingerprint density at radius 2 is 2.00 bits per heavy atom. The highest BCUT2D eigenvalue weighted by Gasteiger charge is 2.13. The molecule has 2 nitrogen and oxygen atoms in total. The summed E-state index contributed by atoms with van der Waals surface area (Å²) in [6.45, 7) is 7.42. The zero-order valence-corrected chi connectivity index (χ0v) is 11.3. The summed E-state index contributed by atoms with van der Waals surface area (Å²) in [7, 11) is 0. The summed E-state index contributed by atoms with van der Waals surface area (Å²) >= 11 is 5.99. The zero-order chi connectivity index (χ0) is 13.1. The molecule has 0 aliphatic carbocycles. The minimum atomic E-state index is -0.467. The van der Waals surface area contributed by atoms with Crippen molar-refractivity contribution in [3.8, 4) is 0 Å². The van der Waals surface area contributed by atoms with Gasteiger partial charge >= 0.3 is 5.97 Å². The van der Waals surface area contributed by atoms with Crippen molar-refractivity contribution in [2.75, 3.05) is 0 Å². The van der Waals surface area contributed by atoms with Crippen molar-refractivity contribution in [2.24, 2.45) is 0 Å². The third-order valence-corrected chi connectivity index (χ3v) is 2.52. The molecule has 92 valence electrons. The minimum absolute atomic E-state index is 0.350. The van der Waals surface area contributed by atoms with Crippen LogP contribution in [0.5, 0.6) is 0 Å². The molecule has 0 radical (unpaired) electrons. The molecule has 0 N–H and O–H groups in total. The largest absolute Gasteiger partial charge is 0.457 e. The van der Waals surface area contributed by atoms with Gasteiger partial charge in [0.25, 0.3) is 0 Å². The molecule has 0 unspecified atom stereocenters. The molecule has 17 heavy (non-hydrogen) atoms. The average Bonchev–Trinajstić information content (AvgIpc) is 2.18. The van der Waals surface area contributed by atoms with Crippen LogP contribution in [0.25, 0.3) is 6.08 Å². The van der Waals surface area contributed by atoms with Crippen molar-refractivity contribution in [2.45, 2.75) is 33.3 Å². The van der Waals surface area contributed by atoms with Crippen LogP contribution in [-0.4, -0.2) is 11.6 Å². The molecule has 1 aromatic rings. The summed E-state index contributed by atoms with van der Waals surface area (Å²) in [4.78, 5) is 11.5.